The minimum atomic E-state index is 0.576. The molecule has 0 aliphatic heterocycles. The summed E-state index contributed by atoms with van der Waals surface area (Å²) in [7, 11) is 1.91. The number of aromatic nitrogens is 2. The van der Waals surface area contributed by atoms with E-state index in [2.05, 4.69) is 20.8 Å². The highest BCUT2D eigenvalue weighted by Crippen LogP contribution is 2.06. The summed E-state index contributed by atoms with van der Waals surface area (Å²) in [6.45, 7) is 5.37. The Bertz CT molecular complexity index is 340. The van der Waals surface area contributed by atoms with Gasteiger partial charge in [-0.25, -0.2) is 10.8 Å². The van der Waals surface area contributed by atoms with Crippen LogP contribution in [0.1, 0.15) is 18.2 Å². The molecule has 1 aromatic rings. The van der Waals surface area contributed by atoms with Crippen molar-refractivity contribution in [3.8, 4) is 0 Å². The average Bonchev–Trinajstić information content (AvgIpc) is 2.55. The van der Waals surface area contributed by atoms with Gasteiger partial charge in [0.2, 0.25) is 5.96 Å². The molecule has 0 bridgehead atoms. The van der Waals surface area contributed by atoms with Crippen molar-refractivity contribution in [1.29, 1.82) is 0 Å². The Balaban J connectivity index is 2.65. The zero-order valence-electron chi connectivity index (χ0n) is 9.41. The molecule has 1 aromatic heterocycles. The van der Waals surface area contributed by atoms with E-state index in [9.17, 15) is 0 Å². The molecule has 0 amide bonds. The van der Waals surface area contributed by atoms with Gasteiger partial charge >= 0.3 is 0 Å². The topological polar surface area (TPSA) is 80.3 Å². The van der Waals surface area contributed by atoms with E-state index in [1.807, 2.05) is 31.8 Å². The van der Waals surface area contributed by atoms with Crippen LogP contribution in [0.15, 0.2) is 11.2 Å². The first-order valence-electron chi connectivity index (χ1n) is 4.91. The first-order valence-corrected chi connectivity index (χ1v) is 4.91. The van der Waals surface area contributed by atoms with Gasteiger partial charge in [-0.05, 0) is 13.8 Å². The van der Waals surface area contributed by atoms with Gasteiger partial charge in [-0.2, -0.15) is 5.10 Å². The lowest BCUT2D eigenvalue weighted by molar-refractivity contribution is 0.737. The largest absolute Gasteiger partial charge is 0.356 e. The molecule has 1 heterocycles. The van der Waals surface area contributed by atoms with E-state index in [-0.39, 0.29) is 0 Å². The zero-order chi connectivity index (χ0) is 11.3. The lowest BCUT2D eigenvalue weighted by atomic mass is 10.3. The van der Waals surface area contributed by atoms with Crippen LogP contribution in [0.3, 0.4) is 0 Å². The van der Waals surface area contributed by atoms with E-state index < -0.39 is 0 Å². The molecule has 0 aliphatic rings. The second-order valence-electron chi connectivity index (χ2n) is 3.22. The fraction of sp³-hybridized carbons (Fsp3) is 0.556. The number of hydrogen-bond acceptors (Lipinski definition) is 3. The van der Waals surface area contributed by atoms with Crippen molar-refractivity contribution >= 4 is 5.96 Å². The molecule has 0 spiro atoms. The molecule has 0 radical (unpaired) electrons. The van der Waals surface area contributed by atoms with Crippen molar-refractivity contribution in [2.75, 3.05) is 6.54 Å². The van der Waals surface area contributed by atoms with Gasteiger partial charge in [-0.1, -0.05) is 0 Å². The summed E-state index contributed by atoms with van der Waals surface area (Å²) in [5.41, 5.74) is 4.73. The summed E-state index contributed by atoms with van der Waals surface area (Å²) in [6, 6.07) is 0. The summed E-state index contributed by atoms with van der Waals surface area (Å²) in [5, 5.41) is 7.16. The van der Waals surface area contributed by atoms with Gasteiger partial charge < -0.3 is 5.32 Å². The molecule has 15 heavy (non-hydrogen) atoms. The number of rotatable bonds is 3. The van der Waals surface area contributed by atoms with E-state index >= 15 is 0 Å². The number of nitrogens with one attached hydrogen (secondary N) is 2. The maximum absolute atomic E-state index is 5.30. The third-order valence-electron chi connectivity index (χ3n) is 2.23. The highest BCUT2D eigenvalue weighted by Gasteiger charge is 2.02. The Hall–Kier alpha value is -1.56. The molecule has 0 unspecified atom stereocenters. The lowest BCUT2D eigenvalue weighted by Crippen LogP contribution is -2.41. The fourth-order valence-corrected chi connectivity index (χ4v) is 1.18. The van der Waals surface area contributed by atoms with Crippen LogP contribution in [0.2, 0.25) is 0 Å². The van der Waals surface area contributed by atoms with E-state index in [0.717, 1.165) is 17.8 Å². The van der Waals surface area contributed by atoms with E-state index in [0.29, 0.717) is 12.5 Å². The van der Waals surface area contributed by atoms with Crippen molar-refractivity contribution in [3.05, 3.63) is 17.5 Å². The van der Waals surface area contributed by atoms with Gasteiger partial charge in [-0.15, -0.1) is 0 Å². The number of aryl methyl sites for hydroxylation is 1. The maximum Gasteiger partial charge on any atom is 0.206 e. The van der Waals surface area contributed by atoms with Crippen molar-refractivity contribution in [2.24, 2.45) is 17.9 Å². The number of aliphatic imine (C=N–C) groups is 1. The van der Waals surface area contributed by atoms with Crippen molar-refractivity contribution in [1.82, 2.24) is 20.5 Å². The molecule has 6 nitrogen and oxygen atoms in total. The van der Waals surface area contributed by atoms with Crippen molar-refractivity contribution in [2.45, 2.75) is 20.4 Å². The third-order valence-corrected chi connectivity index (χ3v) is 2.23. The van der Waals surface area contributed by atoms with E-state index in [1.165, 1.54) is 0 Å². The molecule has 0 atom stereocenters. The Kier molecular flexibility index (Phi) is 4.11. The number of hydrazine groups is 1. The highest BCUT2D eigenvalue weighted by atomic mass is 15.3. The lowest BCUT2D eigenvalue weighted by Gasteiger charge is -2.06. The average molecular weight is 210 g/mol. The smallest absolute Gasteiger partial charge is 0.206 e. The molecular weight excluding hydrogens is 192 g/mol. The van der Waals surface area contributed by atoms with Crippen molar-refractivity contribution in [3.63, 3.8) is 0 Å². The molecule has 0 aromatic carbocycles. The van der Waals surface area contributed by atoms with Crippen LogP contribution < -0.4 is 16.6 Å². The van der Waals surface area contributed by atoms with E-state index in [4.69, 9.17) is 5.84 Å². The van der Waals surface area contributed by atoms with Crippen LogP contribution in [-0.4, -0.2) is 22.3 Å². The number of nitrogens with two attached hydrogens (primary N) is 1. The molecule has 0 saturated carbocycles. The molecule has 0 saturated heterocycles. The van der Waals surface area contributed by atoms with Crippen LogP contribution >= 0.6 is 0 Å². The summed E-state index contributed by atoms with van der Waals surface area (Å²) in [4.78, 5) is 4.29. The van der Waals surface area contributed by atoms with Crippen LogP contribution in [0, 0.1) is 6.92 Å². The predicted octanol–water partition coefficient (Wildman–Crippen LogP) is -0.343. The maximum atomic E-state index is 5.30. The van der Waals surface area contributed by atoms with Gasteiger partial charge in [0.1, 0.15) is 0 Å². The minimum Gasteiger partial charge on any atom is -0.356 e. The molecule has 0 aliphatic carbocycles. The van der Waals surface area contributed by atoms with Crippen LogP contribution in [0.25, 0.3) is 0 Å². The summed E-state index contributed by atoms with van der Waals surface area (Å²) >= 11 is 0. The van der Waals surface area contributed by atoms with Gasteiger partial charge in [0.15, 0.2) is 0 Å². The second kappa shape index (κ2) is 5.35. The first kappa shape index (κ1) is 11.5. The van der Waals surface area contributed by atoms with E-state index in [1.54, 1.807) is 0 Å². The standard InChI is InChI=1S/C9H18N6/c1-4-11-9(14-10)12-5-8-6-13-15(3)7(8)2/h6H,4-5,10H2,1-3H3,(H2,11,12,14). The van der Waals surface area contributed by atoms with Crippen LogP contribution in [-0.2, 0) is 13.6 Å². The number of hydrogen-bond donors (Lipinski definition) is 3. The molecule has 4 N–H and O–H groups in total. The molecule has 0 fully saturated rings. The van der Waals surface area contributed by atoms with Crippen LogP contribution in [0.4, 0.5) is 0 Å². The Morgan fingerprint density at radius 2 is 2.40 bits per heavy atom. The second-order valence-corrected chi connectivity index (χ2v) is 3.22. The van der Waals surface area contributed by atoms with Gasteiger partial charge in [0.05, 0.1) is 12.7 Å². The first-order chi connectivity index (χ1) is 7.19. The zero-order valence-corrected chi connectivity index (χ0v) is 9.41. The predicted molar refractivity (Wildman–Crippen MR) is 60.1 cm³/mol. The Morgan fingerprint density at radius 3 is 2.87 bits per heavy atom. The normalized spacial score (nSPS) is 11.6. The highest BCUT2D eigenvalue weighted by molar-refractivity contribution is 5.79. The molecule has 84 valence electrons. The monoisotopic (exact) mass is 210 g/mol. The molecule has 1 rings (SSSR count). The SMILES string of the molecule is CCNC(=NCc1cnn(C)c1C)NN. The number of nitrogens with zero attached hydrogens (tertiary/aromatic N) is 3. The number of guanidine groups is 1. The van der Waals surface area contributed by atoms with Crippen LogP contribution in [0.5, 0.6) is 0 Å². The fourth-order valence-electron chi connectivity index (χ4n) is 1.18. The molecule has 6 heteroatoms. The molecular formula is C9H18N6. The quantitative estimate of drug-likeness (QED) is 0.276. The van der Waals surface area contributed by atoms with Gasteiger partial charge in [0.25, 0.3) is 0 Å². The van der Waals surface area contributed by atoms with Crippen molar-refractivity contribution < 1.29 is 0 Å². The van der Waals surface area contributed by atoms with Gasteiger partial charge in [0, 0.05) is 24.8 Å². The summed E-state index contributed by atoms with van der Waals surface area (Å²) in [6.07, 6.45) is 1.82. The minimum absolute atomic E-state index is 0.576. The Labute approximate surface area is 89.5 Å². The van der Waals surface area contributed by atoms with Gasteiger partial charge in [-0.3, -0.25) is 10.1 Å². The Morgan fingerprint density at radius 1 is 1.67 bits per heavy atom. The summed E-state index contributed by atoms with van der Waals surface area (Å²) in [5.74, 6) is 5.90. The third kappa shape index (κ3) is 2.95. The summed E-state index contributed by atoms with van der Waals surface area (Å²) < 4.78 is 1.83.